The van der Waals surface area contributed by atoms with Gasteiger partial charge >= 0.3 is 0 Å². The van der Waals surface area contributed by atoms with E-state index in [1.165, 1.54) is 6.07 Å². The van der Waals surface area contributed by atoms with Crippen molar-refractivity contribution >= 4 is 38.9 Å². The van der Waals surface area contributed by atoms with Crippen molar-refractivity contribution < 1.29 is 18.0 Å². The summed E-state index contributed by atoms with van der Waals surface area (Å²) in [7, 11) is -3.81. The predicted octanol–water partition coefficient (Wildman–Crippen LogP) is 4.08. The molecule has 1 heterocycles. The maximum absolute atomic E-state index is 13.0. The molecule has 0 saturated carbocycles. The smallest absolute Gasteiger partial charge is 0.262 e. The van der Waals surface area contributed by atoms with Crippen molar-refractivity contribution in [3.05, 3.63) is 47.5 Å². The molecule has 7 nitrogen and oxygen atoms in total. The average Bonchev–Trinajstić information content (AvgIpc) is 3.09. The van der Waals surface area contributed by atoms with Crippen LogP contribution in [0, 0.1) is 12.3 Å². The second-order valence-electron chi connectivity index (χ2n) is 8.79. The molecule has 2 amide bonds. The summed E-state index contributed by atoms with van der Waals surface area (Å²) in [6.45, 7) is 9.69. The normalized spacial score (nSPS) is 13.6. The Balaban J connectivity index is 1.82. The molecule has 1 aliphatic rings. The van der Waals surface area contributed by atoms with Crippen molar-refractivity contribution in [3.8, 4) is 0 Å². The molecule has 0 aliphatic carbocycles. The summed E-state index contributed by atoms with van der Waals surface area (Å²) >= 11 is 0. The third kappa shape index (κ3) is 4.90. The Morgan fingerprint density at radius 3 is 2.35 bits per heavy atom. The Bertz CT molecular complexity index is 1130. The zero-order valence-electron chi connectivity index (χ0n) is 18.6. The fraction of sp³-hybridized carbons (Fsp3) is 0.391. The lowest BCUT2D eigenvalue weighted by atomic mass is 9.94. The summed E-state index contributed by atoms with van der Waals surface area (Å²) in [5.41, 5.74) is 2.82. The molecule has 0 fully saturated rings. The van der Waals surface area contributed by atoms with Crippen LogP contribution in [0.2, 0.25) is 0 Å². The van der Waals surface area contributed by atoms with E-state index in [1.54, 1.807) is 49.1 Å². The number of sulfonamides is 1. The highest BCUT2D eigenvalue weighted by Gasteiger charge is 2.32. The number of fused-ring (bicyclic) bond motifs is 1. The number of benzene rings is 2. The number of hydrogen-bond acceptors (Lipinski definition) is 4. The van der Waals surface area contributed by atoms with E-state index in [2.05, 4.69) is 10.0 Å². The van der Waals surface area contributed by atoms with Gasteiger partial charge in [0.1, 0.15) is 0 Å². The SMILES string of the molecule is CCC(=O)Nc1ccc(S(=O)(=O)Nc2ccc3c(c2)CCN3C(=O)C(C)(C)C)c(C)c1. The van der Waals surface area contributed by atoms with E-state index in [9.17, 15) is 18.0 Å². The van der Waals surface area contributed by atoms with Crippen molar-refractivity contribution in [3.63, 3.8) is 0 Å². The lowest BCUT2D eigenvalue weighted by molar-refractivity contribution is -0.125. The van der Waals surface area contributed by atoms with Gasteiger partial charge in [-0.2, -0.15) is 0 Å². The van der Waals surface area contributed by atoms with Crippen LogP contribution in [-0.4, -0.2) is 26.8 Å². The molecule has 0 unspecified atom stereocenters. The van der Waals surface area contributed by atoms with Crippen LogP contribution in [0.1, 0.15) is 45.2 Å². The Morgan fingerprint density at radius 2 is 1.74 bits per heavy atom. The number of aryl methyl sites for hydroxylation is 1. The number of nitrogens with one attached hydrogen (secondary N) is 2. The van der Waals surface area contributed by atoms with Crippen LogP contribution in [0.25, 0.3) is 0 Å². The zero-order valence-corrected chi connectivity index (χ0v) is 19.4. The van der Waals surface area contributed by atoms with Crippen LogP contribution in [-0.2, 0) is 26.0 Å². The minimum absolute atomic E-state index is 0.0467. The molecule has 2 aromatic rings. The molecule has 2 aromatic carbocycles. The third-order valence-corrected chi connectivity index (χ3v) is 6.72. The molecular weight excluding hydrogens is 414 g/mol. The van der Waals surface area contributed by atoms with Gasteiger partial charge in [0.05, 0.1) is 4.90 Å². The Labute approximate surface area is 183 Å². The van der Waals surface area contributed by atoms with Gasteiger partial charge in [-0.05, 0) is 60.9 Å². The Morgan fingerprint density at radius 1 is 1.06 bits per heavy atom. The van der Waals surface area contributed by atoms with Crippen molar-refractivity contribution in [2.75, 3.05) is 21.5 Å². The molecule has 0 aromatic heterocycles. The largest absolute Gasteiger partial charge is 0.326 e. The van der Waals surface area contributed by atoms with E-state index >= 15 is 0 Å². The monoisotopic (exact) mass is 443 g/mol. The van der Waals surface area contributed by atoms with Gasteiger partial charge in [-0.1, -0.05) is 27.7 Å². The zero-order chi connectivity index (χ0) is 23.0. The average molecular weight is 444 g/mol. The van der Waals surface area contributed by atoms with E-state index in [0.717, 1.165) is 11.3 Å². The molecular formula is C23H29N3O4S. The number of nitrogens with zero attached hydrogens (tertiary/aromatic N) is 1. The number of hydrogen-bond donors (Lipinski definition) is 2. The van der Waals surface area contributed by atoms with Crippen molar-refractivity contribution in [1.82, 2.24) is 0 Å². The third-order valence-electron chi connectivity index (χ3n) is 5.18. The second-order valence-corrected chi connectivity index (χ2v) is 10.4. The Kier molecular flexibility index (Phi) is 6.14. The minimum atomic E-state index is -3.81. The predicted molar refractivity (Wildman–Crippen MR) is 123 cm³/mol. The molecule has 0 spiro atoms. The number of rotatable bonds is 5. The number of anilines is 3. The number of amides is 2. The van der Waals surface area contributed by atoms with Gasteiger partial charge in [0.2, 0.25) is 11.8 Å². The number of carbonyl (C=O) groups excluding carboxylic acids is 2. The topological polar surface area (TPSA) is 95.6 Å². The molecule has 3 rings (SSSR count). The van der Waals surface area contributed by atoms with Crippen molar-refractivity contribution in [2.24, 2.45) is 5.41 Å². The van der Waals surface area contributed by atoms with Crippen LogP contribution in [0.4, 0.5) is 17.1 Å². The van der Waals surface area contributed by atoms with Gasteiger partial charge in [-0.25, -0.2) is 8.42 Å². The highest BCUT2D eigenvalue weighted by Crippen LogP contribution is 2.34. The lowest BCUT2D eigenvalue weighted by Crippen LogP contribution is -2.38. The number of carbonyl (C=O) groups is 2. The van der Waals surface area contributed by atoms with Crippen LogP contribution >= 0.6 is 0 Å². The fourth-order valence-corrected chi connectivity index (χ4v) is 4.85. The summed E-state index contributed by atoms with van der Waals surface area (Å²) in [6, 6.07) is 9.96. The minimum Gasteiger partial charge on any atom is -0.326 e. The van der Waals surface area contributed by atoms with Gasteiger partial charge in [0.25, 0.3) is 10.0 Å². The molecule has 0 radical (unpaired) electrons. The molecule has 0 atom stereocenters. The van der Waals surface area contributed by atoms with Crippen LogP contribution in [0.15, 0.2) is 41.3 Å². The first-order chi connectivity index (χ1) is 14.4. The quantitative estimate of drug-likeness (QED) is 0.728. The molecule has 0 saturated heterocycles. The maximum atomic E-state index is 13.0. The van der Waals surface area contributed by atoms with E-state index < -0.39 is 15.4 Å². The van der Waals surface area contributed by atoms with E-state index in [1.807, 2.05) is 20.8 Å². The van der Waals surface area contributed by atoms with Crippen LogP contribution < -0.4 is 14.9 Å². The molecule has 0 bridgehead atoms. The van der Waals surface area contributed by atoms with Gasteiger partial charge in [-0.3, -0.25) is 14.3 Å². The molecule has 31 heavy (non-hydrogen) atoms. The molecule has 2 N–H and O–H groups in total. The van der Waals surface area contributed by atoms with Crippen molar-refractivity contribution in [2.45, 2.75) is 52.4 Å². The first-order valence-electron chi connectivity index (χ1n) is 10.3. The second kappa shape index (κ2) is 8.34. The van der Waals surface area contributed by atoms with Crippen LogP contribution in [0.3, 0.4) is 0 Å². The molecule has 166 valence electrons. The Hall–Kier alpha value is -2.87. The van der Waals surface area contributed by atoms with E-state index in [4.69, 9.17) is 0 Å². The highest BCUT2D eigenvalue weighted by atomic mass is 32.2. The summed E-state index contributed by atoms with van der Waals surface area (Å²) in [4.78, 5) is 26.1. The summed E-state index contributed by atoms with van der Waals surface area (Å²) in [6.07, 6.45) is 1.02. The fourth-order valence-electron chi connectivity index (χ4n) is 3.57. The van der Waals surface area contributed by atoms with Gasteiger partial charge < -0.3 is 10.2 Å². The molecule has 1 aliphatic heterocycles. The summed E-state index contributed by atoms with van der Waals surface area (Å²) in [5.74, 6) is -0.0873. The van der Waals surface area contributed by atoms with Crippen molar-refractivity contribution in [1.29, 1.82) is 0 Å². The summed E-state index contributed by atoms with van der Waals surface area (Å²) in [5, 5.41) is 2.73. The molecule has 8 heteroatoms. The first-order valence-corrected chi connectivity index (χ1v) is 11.8. The summed E-state index contributed by atoms with van der Waals surface area (Å²) < 4.78 is 28.5. The van der Waals surface area contributed by atoms with Gasteiger partial charge in [0, 0.05) is 35.4 Å². The first kappa shape index (κ1) is 22.8. The lowest BCUT2D eigenvalue weighted by Gasteiger charge is -2.26. The maximum Gasteiger partial charge on any atom is 0.262 e. The standard InChI is InChI=1S/C23H29N3O4S/c1-6-21(27)24-17-8-10-20(15(2)13-17)31(29,30)25-18-7-9-19-16(14-18)11-12-26(19)22(28)23(3,4)5/h7-10,13-14,25H,6,11-12H2,1-5H3,(H,24,27). The van der Waals surface area contributed by atoms with Gasteiger partial charge in [-0.15, -0.1) is 0 Å². The van der Waals surface area contributed by atoms with E-state index in [0.29, 0.717) is 36.3 Å². The highest BCUT2D eigenvalue weighted by molar-refractivity contribution is 7.92. The van der Waals surface area contributed by atoms with Gasteiger partial charge in [0.15, 0.2) is 0 Å². The van der Waals surface area contributed by atoms with E-state index in [-0.39, 0.29) is 16.7 Å². The van der Waals surface area contributed by atoms with Crippen LogP contribution in [0.5, 0.6) is 0 Å².